The summed E-state index contributed by atoms with van der Waals surface area (Å²) in [5, 5.41) is 0. The van der Waals surface area contributed by atoms with Gasteiger partial charge >= 0.3 is 0 Å². The molecule has 78 valence electrons. The third-order valence-corrected chi connectivity index (χ3v) is 3.95. The van der Waals surface area contributed by atoms with Gasteiger partial charge in [-0.1, -0.05) is 46.0 Å². The molecule has 1 aliphatic carbocycles. The molecule has 0 aromatic rings. The van der Waals surface area contributed by atoms with Gasteiger partial charge in [0.25, 0.3) is 0 Å². The fraction of sp³-hybridized carbons (Fsp3) is 1.00. The minimum Gasteiger partial charge on any atom is -0.126 e. The third-order valence-electron chi connectivity index (χ3n) is 3.58. The van der Waals surface area contributed by atoms with Crippen molar-refractivity contribution in [1.82, 2.24) is 0 Å². The number of unbranched alkanes of at least 4 members (excludes halogenated alkanes) is 4. The summed E-state index contributed by atoms with van der Waals surface area (Å²) in [6.07, 6.45) is 9.83. The third kappa shape index (κ3) is 3.50. The zero-order valence-electron chi connectivity index (χ0n) is 9.11. The molecule has 0 spiro atoms. The first-order chi connectivity index (χ1) is 6.23. The number of hydrogen-bond acceptors (Lipinski definition) is 0. The Bertz CT molecular complexity index is 144. The topological polar surface area (TPSA) is 0 Å². The fourth-order valence-electron chi connectivity index (χ4n) is 2.18. The zero-order valence-corrected chi connectivity index (χ0v) is 9.87. The molecule has 0 radical (unpaired) electrons. The molecule has 0 aromatic heterocycles. The first-order valence-corrected chi connectivity index (χ1v) is 6.32. The first kappa shape index (κ1) is 11.4. The standard InChI is InChI=1S/C12H23Cl/c1-3-4-5-6-7-8-12(2)9-11(12)10-13/h11H,3-10H2,1-2H3. The normalized spacial score (nSPS) is 32.1. The van der Waals surface area contributed by atoms with Gasteiger partial charge in [0, 0.05) is 5.88 Å². The maximum Gasteiger partial charge on any atom is 0.0257 e. The zero-order chi connectivity index (χ0) is 9.73. The molecule has 0 heterocycles. The van der Waals surface area contributed by atoms with Crippen LogP contribution >= 0.6 is 11.6 Å². The highest BCUT2D eigenvalue weighted by atomic mass is 35.5. The molecule has 1 saturated carbocycles. The van der Waals surface area contributed by atoms with Crippen molar-refractivity contribution in [3.8, 4) is 0 Å². The molecule has 1 heteroatoms. The van der Waals surface area contributed by atoms with Crippen LogP contribution in [0.4, 0.5) is 0 Å². The molecular formula is C12H23Cl. The smallest absolute Gasteiger partial charge is 0.0257 e. The molecule has 1 aliphatic rings. The monoisotopic (exact) mass is 202 g/mol. The largest absolute Gasteiger partial charge is 0.126 e. The lowest BCUT2D eigenvalue weighted by Gasteiger charge is -2.09. The second-order valence-electron chi connectivity index (χ2n) is 4.87. The van der Waals surface area contributed by atoms with Crippen LogP contribution in [0.3, 0.4) is 0 Å². The van der Waals surface area contributed by atoms with Crippen LogP contribution in [0.25, 0.3) is 0 Å². The van der Waals surface area contributed by atoms with Gasteiger partial charge in [-0.05, 0) is 24.2 Å². The van der Waals surface area contributed by atoms with Gasteiger partial charge in [0.2, 0.25) is 0 Å². The highest BCUT2D eigenvalue weighted by Crippen LogP contribution is 2.56. The van der Waals surface area contributed by atoms with Crippen molar-refractivity contribution in [2.45, 2.75) is 58.8 Å². The van der Waals surface area contributed by atoms with E-state index in [1.165, 1.54) is 44.9 Å². The molecule has 0 aromatic carbocycles. The Morgan fingerprint density at radius 1 is 1.23 bits per heavy atom. The van der Waals surface area contributed by atoms with Crippen molar-refractivity contribution in [3.05, 3.63) is 0 Å². The minimum atomic E-state index is 0.633. The molecule has 13 heavy (non-hydrogen) atoms. The van der Waals surface area contributed by atoms with E-state index in [1.54, 1.807) is 0 Å². The fourth-order valence-corrected chi connectivity index (χ4v) is 2.66. The van der Waals surface area contributed by atoms with Crippen LogP contribution in [-0.2, 0) is 0 Å². The van der Waals surface area contributed by atoms with Crippen molar-refractivity contribution >= 4 is 11.6 Å². The van der Waals surface area contributed by atoms with E-state index in [9.17, 15) is 0 Å². The van der Waals surface area contributed by atoms with Gasteiger partial charge < -0.3 is 0 Å². The van der Waals surface area contributed by atoms with Gasteiger partial charge in [0.15, 0.2) is 0 Å². The van der Waals surface area contributed by atoms with E-state index in [0.29, 0.717) is 5.41 Å². The number of alkyl halides is 1. The van der Waals surface area contributed by atoms with E-state index in [4.69, 9.17) is 11.6 Å². The maximum absolute atomic E-state index is 5.85. The molecule has 0 amide bonds. The Labute approximate surface area is 88.1 Å². The van der Waals surface area contributed by atoms with Crippen LogP contribution in [-0.4, -0.2) is 5.88 Å². The van der Waals surface area contributed by atoms with Gasteiger partial charge in [-0.2, -0.15) is 0 Å². The Morgan fingerprint density at radius 2 is 1.92 bits per heavy atom. The van der Waals surface area contributed by atoms with E-state index in [0.717, 1.165) is 11.8 Å². The second-order valence-corrected chi connectivity index (χ2v) is 5.18. The van der Waals surface area contributed by atoms with Gasteiger partial charge in [0.1, 0.15) is 0 Å². The molecular weight excluding hydrogens is 180 g/mol. The number of halogens is 1. The van der Waals surface area contributed by atoms with Crippen molar-refractivity contribution < 1.29 is 0 Å². The van der Waals surface area contributed by atoms with Crippen molar-refractivity contribution in [1.29, 1.82) is 0 Å². The van der Waals surface area contributed by atoms with Gasteiger partial charge in [-0.25, -0.2) is 0 Å². The molecule has 2 atom stereocenters. The summed E-state index contributed by atoms with van der Waals surface area (Å²) in [6.45, 7) is 4.67. The Morgan fingerprint density at radius 3 is 2.46 bits per heavy atom. The molecule has 0 N–H and O–H groups in total. The lowest BCUT2D eigenvalue weighted by molar-refractivity contribution is 0.441. The molecule has 1 fully saturated rings. The highest BCUT2D eigenvalue weighted by molar-refractivity contribution is 6.18. The number of hydrogen-bond donors (Lipinski definition) is 0. The van der Waals surface area contributed by atoms with Crippen molar-refractivity contribution in [3.63, 3.8) is 0 Å². The lowest BCUT2D eigenvalue weighted by Crippen LogP contribution is -1.98. The van der Waals surface area contributed by atoms with Crippen LogP contribution < -0.4 is 0 Å². The van der Waals surface area contributed by atoms with Crippen LogP contribution in [0.2, 0.25) is 0 Å². The molecule has 0 saturated heterocycles. The van der Waals surface area contributed by atoms with Gasteiger partial charge in [-0.3, -0.25) is 0 Å². The van der Waals surface area contributed by atoms with Gasteiger partial charge in [-0.15, -0.1) is 11.6 Å². The summed E-state index contributed by atoms with van der Waals surface area (Å²) in [6, 6.07) is 0. The molecule has 2 unspecified atom stereocenters. The molecule has 0 nitrogen and oxygen atoms in total. The van der Waals surface area contributed by atoms with Crippen LogP contribution in [0.15, 0.2) is 0 Å². The van der Waals surface area contributed by atoms with Crippen molar-refractivity contribution in [2.75, 3.05) is 5.88 Å². The average Bonchev–Trinajstić information content (AvgIpc) is 2.77. The SMILES string of the molecule is CCCCCCCC1(C)CC1CCl. The lowest BCUT2D eigenvalue weighted by atomic mass is 9.98. The van der Waals surface area contributed by atoms with E-state index in [-0.39, 0.29) is 0 Å². The van der Waals surface area contributed by atoms with Crippen LogP contribution in [0.5, 0.6) is 0 Å². The Kier molecular flexibility index (Phi) is 4.58. The van der Waals surface area contributed by atoms with E-state index < -0.39 is 0 Å². The summed E-state index contributed by atoms with van der Waals surface area (Å²) >= 11 is 5.85. The summed E-state index contributed by atoms with van der Waals surface area (Å²) in [7, 11) is 0. The van der Waals surface area contributed by atoms with Crippen LogP contribution in [0.1, 0.15) is 58.8 Å². The summed E-state index contributed by atoms with van der Waals surface area (Å²) < 4.78 is 0. The first-order valence-electron chi connectivity index (χ1n) is 5.79. The second kappa shape index (κ2) is 5.24. The van der Waals surface area contributed by atoms with Gasteiger partial charge in [0.05, 0.1) is 0 Å². The van der Waals surface area contributed by atoms with Crippen LogP contribution in [0, 0.1) is 11.3 Å². The summed E-state index contributed by atoms with van der Waals surface area (Å²) in [4.78, 5) is 0. The molecule has 1 rings (SSSR count). The summed E-state index contributed by atoms with van der Waals surface area (Å²) in [5.41, 5.74) is 0.633. The minimum absolute atomic E-state index is 0.633. The summed E-state index contributed by atoms with van der Waals surface area (Å²) in [5.74, 6) is 1.71. The Hall–Kier alpha value is 0.290. The van der Waals surface area contributed by atoms with Crippen molar-refractivity contribution in [2.24, 2.45) is 11.3 Å². The Balaban J connectivity index is 1.95. The molecule has 0 bridgehead atoms. The van der Waals surface area contributed by atoms with E-state index in [1.807, 2.05) is 0 Å². The highest BCUT2D eigenvalue weighted by Gasteiger charge is 2.47. The number of rotatable bonds is 7. The average molecular weight is 203 g/mol. The van der Waals surface area contributed by atoms with E-state index in [2.05, 4.69) is 13.8 Å². The predicted molar refractivity (Wildman–Crippen MR) is 60.3 cm³/mol. The maximum atomic E-state index is 5.85. The molecule has 0 aliphatic heterocycles. The quantitative estimate of drug-likeness (QED) is 0.418. The predicted octanol–water partition coefficient (Wildman–Crippen LogP) is 4.61. The van der Waals surface area contributed by atoms with E-state index >= 15 is 0 Å².